The van der Waals surface area contributed by atoms with Crippen LogP contribution in [0.5, 0.6) is 0 Å². The van der Waals surface area contributed by atoms with Crippen LogP contribution < -0.4 is 4.90 Å². The summed E-state index contributed by atoms with van der Waals surface area (Å²) < 4.78 is 6.60. The molecule has 37 heavy (non-hydrogen) atoms. The van der Waals surface area contributed by atoms with E-state index in [-0.39, 0.29) is 48.3 Å². The van der Waals surface area contributed by atoms with Gasteiger partial charge in [-0.15, -0.1) is 13.2 Å². The molecule has 3 aliphatic rings. The Hall–Kier alpha value is -2.49. The molecular weight excluding hydrogens is 538 g/mol. The maximum atomic E-state index is 14.2. The van der Waals surface area contributed by atoms with Crippen molar-refractivity contribution in [3.8, 4) is 0 Å². The van der Waals surface area contributed by atoms with E-state index in [0.717, 1.165) is 0 Å². The molecule has 6 atom stereocenters. The Kier molecular flexibility index (Phi) is 8.26. The zero-order chi connectivity index (χ0) is 26.9. The molecule has 1 N–H and O–H groups in total. The van der Waals surface area contributed by atoms with Crippen LogP contribution in [0.1, 0.15) is 26.7 Å². The normalized spacial score (nSPS) is 29.9. The number of alkyl halides is 1. The topological polar surface area (TPSA) is 90.4 Å². The summed E-state index contributed by atoms with van der Waals surface area (Å²) in [5.41, 5.74) is -0.421. The third-order valence-corrected chi connectivity index (χ3v) is 8.59. The van der Waals surface area contributed by atoms with Crippen LogP contribution in [0.2, 0.25) is 0 Å². The number of carbonyl (C=O) groups excluding carboxylic acids is 3. The first-order valence-corrected chi connectivity index (χ1v) is 13.8. The summed E-state index contributed by atoms with van der Waals surface area (Å²) >= 11 is 3.72. The number of anilines is 1. The van der Waals surface area contributed by atoms with E-state index in [1.807, 2.05) is 44.2 Å². The Morgan fingerprint density at radius 1 is 1.22 bits per heavy atom. The third-order valence-electron chi connectivity index (χ3n) is 7.74. The Balaban J connectivity index is 1.78. The van der Waals surface area contributed by atoms with Gasteiger partial charge in [-0.3, -0.25) is 14.4 Å². The van der Waals surface area contributed by atoms with E-state index in [1.54, 1.807) is 26.9 Å². The number of likely N-dealkylation sites (tertiary alicyclic amines) is 1. The number of carbonyl (C=O) groups is 3. The lowest BCUT2D eigenvalue weighted by Gasteiger charge is -2.38. The number of hydrogen-bond acceptors (Lipinski definition) is 5. The number of para-hydroxylation sites is 1. The molecule has 3 heterocycles. The van der Waals surface area contributed by atoms with Crippen LogP contribution in [-0.4, -0.2) is 87.5 Å². The Morgan fingerprint density at radius 2 is 1.89 bits per heavy atom. The van der Waals surface area contributed by atoms with Crippen molar-refractivity contribution in [3.63, 3.8) is 0 Å². The lowest BCUT2D eigenvalue weighted by Crippen LogP contribution is -2.58. The number of aliphatic hydroxyl groups excluding tert-OH is 1. The average Bonchev–Trinajstić information content (AvgIpc) is 3.47. The van der Waals surface area contributed by atoms with Crippen LogP contribution in [0.4, 0.5) is 5.69 Å². The highest BCUT2D eigenvalue weighted by atomic mass is 79.9. The number of halogens is 1. The lowest BCUT2D eigenvalue weighted by atomic mass is 9.70. The SMILES string of the molecule is C=CCN(C(=O)[C@H]1[C@@H]2OC3(CC2Br)C(C(=O)N(CC=C)C(C)C)N(CCCO)C(=O)[C@H]13)c1ccccc1. The molecular formula is C28H36BrN3O5. The molecule has 0 saturated carbocycles. The van der Waals surface area contributed by atoms with Gasteiger partial charge in [0.15, 0.2) is 0 Å². The lowest BCUT2D eigenvalue weighted by molar-refractivity contribution is -0.149. The van der Waals surface area contributed by atoms with Gasteiger partial charge >= 0.3 is 0 Å². The molecule has 2 bridgehead atoms. The molecule has 3 fully saturated rings. The van der Waals surface area contributed by atoms with Gasteiger partial charge in [0.1, 0.15) is 11.6 Å². The standard InChI is InChI=1S/C28H36BrN3O5/c1-5-13-30(18(3)4)27(36)24-28-17-20(29)23(37-28)21(22(28)26(35)32(24)15-10-16-33)25(34)31(14-6-2)19-11-8-7-9-12-19/h5-9,11-12,18,20-24,33H,1-2,10,13-17H2,3-4H3/t20?,21-,22+,23-,24?,28?/m1/s1. The van der Waals surface area contributed by atoms with E-state index in [2.05, 4.69) is 29.1 Å². The molecule has 4 rings (SSSR count). The fraction of sp³-hybridized carbons (Fsp3) is 0.536. The molecule has 8 nitrogen and oxygen atoms in total. The van der Waals surface area contributed by atoms with Crippen LogP contribution in [0, 0.1) is 11.8 Å². The van der Waals surface area contributed by atoms with E-state index >= 15 is 0 Å². The minimum atomic E-state index is -1.13. The Bertz CT molecular complexity index is 1050. The number of rotatable bonds is 11. The van der Waals surface area contributed by atoms with Gasteiger partial charge in [-0.2, -0.15) is 0 Å². The summed E-state index contributed by atoms with van der Waals surface area (Å²) in [5, 5.41) is 9.54. The van der Waals surface area contributed by atoms with Crippen LogP contribution >= 0.6 is 15.9 Å². The number of hydrogen-bond donors (Lipinski definition) is 1. The summed E-state index contributed by atoms with van der Waals surface area (Å²) in [7, 11) is 0. The van der Waals surface area contributed by atoms with Gasteiger partial charge in [0, 0.05) is 42.8 Å². The average molecular weight is 575 g/mol. The molecule has 0 aliphatic carbocycles. The Morgan fingerprint density at radius 3 is 2.49 bits per heavy atom. The van der Waals surface area contributed by atoms with Crippen molar-refractivity contribution < 1.29 is 24.2 Å². The van der Waals surface area contributed by atoms with E-state index in [4.69, 9.17) is 4.74 Å². The number of amides is 3. The van der Waals surface area contributed by atoms with Gasteiger partial charge in [0.2, 0.25) is 17.7 Å². The number of fused-ring (bicyclic) bond motifs is 1. The fourth-order valence-corrected chi connectivity index (χ4v) is 7.21. The smallest absolute Gasteiger partial charge is 0.248 e. The molecule has 200 valence electrons. The van der Waals surface area contributed by atoms with Crippen molar-refractivity contribution in [2.45, 2.75) is 55.3 Å². The van der Waals surface area contributed by atoms with Crippen LogP contribution in [0.25, 0.3) is 0 Å². The molecule has 3 amide bonds. The second-order valence-corrected chi connectivity index (χ2v) is 11.4. The maximum Gasteiger partial charge on any atom is 0.248 e. The summed E-state index contributed by atoms with van der Waals surface area (Å²) in [5.74, 6) is -2.25. The highest BCUT2D eigenvalue weighted by Crippen LogP contribution is 2.60. The number of aliphatic hydroxyl groups is 1. The van der Waals surface area contributed by atoms with Crippen molar-refractivity contribution >= 4 is 39.3 Å². The van der Waals surface area contributed by atoms with Gasteiger partial charge in [-0.05, 0) is 38.8 Å². The number of nitrogens with zero attached hydrogens (tertiary/aromatic N) is 3. The van der Waals surface area contributed by atoms with E-state index in [9.17, 15) is 19.5 Å². The molecule has 1 spiro atoms. The molecule has 0 radical (unpaired) electrons. The quantitative estimate of drug-likeness (QED) is 0.325. The molecule has 3 unspecified atom stereocenters. The maximum absolute atomic E-state index is 14.2. The Labute approximate surface area is 227 Å². The summed E-state index contributed by atoms with van der Waals surface area (Å²) in [6.07, 6.45) is 3.55. The van der Waals surface area contributed by atoms with Crippen molar-refractivity contribution in [1.82, 2.24) is 9.80 Å². The van der Waals surface area contributed by atoms with Crippen molar-refractivity contribution in [3.05, 3.63) is 55.6 Å². The van der Waals surface area contributed by atoms with Gasteiger partial charge < -0.3 is 24.5 Å². The van der Waals surface area contributed by atoms with Crippen molar-refractivity contribution in [1.29, 1.82) is 0 Å². The van der Waals surface area contributed by atoms with Gasteiger partial charge in [-0.1, -0.05) is 46.3 Å². The summed E-state index contributed by atoms with van der Waals surface area (Å²) in [6, 6.07) is 8.29. The summed E-state index contributed by atoms with van der Waals surface area (Å²) in [6.45, 7) is 12.2. The van der Waals surface area contributed by atoms with Crippen LogP contribution in [0.15, 0.2) is 55.6 Å². The van der Waals surface area contributed by atoms with Gasteiger partial charge in [0.25, 0.3) is 0 Å². The van der Waals surface area contributed by atoms with Crippen molar-refractivity contribution in [2.24, 2.45) is 11.8 Å². The first kappa shape index (κ1) is 27.5. The summed E-state index contributed by atoms with van der Waals surface area (Å²) in [4.78, 5) is 47.0. The number of benzene rings is 1. The monoisotopic (exact) mass is 573 g/mol. The minimum absolute atomic E-state index is 0.114. The third kappa shape index (κ3) is 4.55. The second kappa shape index (κ2) is 11.1. The highest BCUT2D eigenvalue weighted by Gasteiger charge is 2.76. The molecule has 3 aliphatic heterocycles. The highest BCUT2D eigenvalue weighted by molar-refractivity contribution is 9.09. The largest absolute Gasteiger partial charge is 0.396 e. The molecule has 1 aromatic carbocycles. The zero-order valence-electron chi connectivity index (χ0n) is 21.5. The molecule has 9 heteroatoms. The minimum Gasteiger partial charge on any atom is -0.396 e. The zero-order valence-corrected chi connectivity index (χ0v) is 23.0. The van der Waals surface area contributed by atoms with Crippen LogP contribution in [-0.2, 0) is 19.1 Å². The van der Waals surface area contributed by atoms with E-state index in [0.29, 0.717) is 25.1 Å². The molecule has 1 aromatic rings. The van der Waals surface area contributed by atoms with E-state index < -0.39 is 29.6 Å². The van der Waals surface area contributed by atoms with Crippen LogP contribution in [0.3, 0.4) is 0 Å². The van der Waals surface area contributed by atoms with Gasteiger partial charge in [0.05, 0.1) is 17.9 Å². The predicted octanol–water partition coefficient (Wildman–Crippen LogP) is 2.76. The second-order valence-electron chi connectivity index (χ2n) is 10.2. The first-order chi connectivity index (χ1) is 17.7. The molecule has 3 saturated heterocycles. The number of ether oxygens (including phenoxy) is 1. The van der Waals surface area contributed by atoms with E-state index in [1.165, 1.54) is 0 Å². The van der Waals surface area contributed by atoms with Gasteiger partial charge in [-0.25, -0.2) is 0 Å². The predicted molar refractivity (Wildman–Crippen MR) is 145 cm³/mol. The first-order valence-electron chi connectivity index (χ1n) is 12.8. The molecule has 0 aromatic heterocycles. The van der Waals surface area contributed by atoms with Crippen molar-refractivity contribution in [2.75, 3.05) is 31.1 Å². The fourth-order valence-electron chi connectivity index (χ4n) is 6.26.